The topological polar surface area (TPSA) is 46.2 Å². The Hall–Kier alpha value is 1.85. The molecule has 0 saturated carbocycles. The van der Waals surface area contributed by atoms with E-state index in [-0.39, 0.29) is 63.8 Å². The van der Waals surface area contributed by atoms with Crippen LogP contribution >= 0.6 is 12.4 Å². The zero-order valence-electron chi connectivity index (χ0n) is 2.43. The molecular weight excluding hydrogens is 105 g/mol. The second-order valence-corrected chi connectivity index (χ2v) is 0. The van der Waals surface area contributed by atoms with Crippen molar-refractivity contribution in [3.8, 4) is 0 Å². The predicted molar refractivity (Wildman–Crippen MR) is 19.0 cm³/mol. The first kappa shape index (κ1) is 16.9. The second-order valence-electron chi connectivity index (χ2n) is 0. The molecule has 4 heteroatoms. The third-order valence-electron chi connectivity index (χ3n) is 0. The van der Waals surface area contributed by atoms with Gasteiger partial charge in [0.15, 0.2) is 0 Å². The van der Waals surface area contributed by atoms with Crippen molar-refractivity contribution < 1.29 is 5.21 Å². The van der Waals surface area contributed by atoms with E-state index in [2.05, 4.69) is 5.90 Å². The molecule has 23 valence electrons. The Morgan fingerprint density at radius 3 is 1.25 bits per heavy atom. The summed E-state index contributed by atoms with van der Waals surface area (Å²) in [5.74, 6) is 3.50. The van der Waals surface area contributed by atoms with E-state index in [0.29, 0.717) is 0 Å². The molecule has 0 amide bonds. The molecule has 2 nitrogen and oxygen atoms in total. The van der Waals surface area contributed by atoms with Gasteiger partial charge in [-0.15, -0.1) is 12.4 Å². The number of hydrogen-bond acceptors (Lipinski definition) is 2. The molecule has 3 N–H and O–H groups in total. The van der Waals surface area contributed by atoms with Crippen molar-refractivity contribution in [1.82, 2.24) is 0 Å². The Balaban J connectivity index is -0.00000000500. The minimum Gasteiger partial charge on any atom is -0.320 e. The van der Waals surface area contributed by atoms with E-state index in [1.54, 1.807) is 0 Å². The first-order valence-electron chi connectivity index (χ1n) is 0.258. The van der Waals surface area contributed by atoms with Crippen LogP contribution in [0.2, 0.25) is 0 Å². The normalized spacial score (nSPS) is 1.50. The van der Waals surface area contributed by atoms with Crippen LogP contribution in [0.15, 0.2) is 0 Å². The minimum atomic E-state index is 0. The molecule has 0 spiro atoms. The summed E-state index contributed by atoms with van der Waals surface area (Å²) in [5, 5.41) is 6.50. The van der Waals surface area contributed by atoms with Gasteiger partial charge in [0.25, 0.3) is 0 Å². The summed E-state index contributed by atoms with van der Waals surface area (Å²) in [5.41, 5.74) is 0. The van der Waals surface area contributed by atoms with Crippen molar-refractivity contribution in [3.05, 3.63) is 0 Å². The molecule has 0 aliphatic carbocycles. The van der Waals surface area contributed by atoms with Gasteiger partial charge in [-0.05, 0) is 0 Å². The van der Waals surface area contributed by atoms with Gasteiger partial charge in [-0.2, -0.15) is 0 Å². The Kier molecular flexibility index (Phi) is 89.1. The van der Waals surface area contributed by atoms with E-state index in [9.17, 15) is 0 Å². The number of hydrogen-bond donors (Lipinski definition) is 2. The van der Waals surface area contributed by atoms with E-state index in [4.69, 9.17) is 5.21 Å². The standard InChI is InChI=1S/ClH.K.H3NO/c;;1-2/h1H;;2H,1H2. The van der Waals surface area contributed by atoms with Crippen LogP contribution in [0.5, 0.6) is 0 Å². The Bertz CT molecular complexity index is 8.00. The van der Waals surface area contributed by atoms with Gasteiger partial charge in [-0.1, -0.05) is 0 Å². The van der Waals surface area contributed by atoms with Crippen LogP contribution in [0, 0.1) is 0 Å². The molecule has 0 fully saturated rings. The molecule has 0 saturated heterocycles. The average molecular weight is 109 g/mol. The SMILES string of the molecule is Cl.NO.[K]. The van der Waals surface area contributed by atoms with Crippen LogP contribution < -0.4 is 5.90 Å². The molecule has 0 bridgehead atoms. The molecule has 0 aromatic carbocycles. The van der Waals surface area contributed by atoms with E-state index >= 15 is 0 Å². The van der Waals surface area contributed by atoms with Crippen molar-refractivity contribution in [2.75, 3.05) is 0 Å². The fourth-order valence-corrected chi connectivity index (χ4v) is 0. The smallest absolute Gasteiger partial charge is 0 e. The van der Waals surface area contributed by atoms with Gasteiger partial charge in [-0.25, -0.2) is 5.90 Å². The maximum absolute atomic E-state index is 6.50. The molecule has 0 rings (SSSR count). The number of halogens is 1. The average Bonchev–Trinajstić information content (AvgIpc) is 1.00. The fraction of sp³-hybridized carbons (Fsp3) is 0. The molecule has 0 heterocycles. The summed E-state index contributed by atoms with van der Waals surface area (Å²) >= 11 is 0. The Morgan fingerprint density at radius 1 is 1.25 bits per heavy atom. The predicted octanol–water partition coefficient (Wildman–Crippen LogP) is -0.625. The summed E-state index contributed by atoms with van der Waals surface area (Å²) in [7, 11) is 0. The maximum atomic E-state index is 6.50. The van der Waals surface area contributed by atoms with Crippen LogP contribution in [0.4, 0.5) is 0 Å². The molecule has 0 unspecified atom stereocenters. The van der Waals surface area contributed by atoms with Gasteiger partial charge in [0.05, 0.1) is 0 Å². The van der Waals surface area contributed by atoms with Crippen LogP contribution in [0.3, 0.4) is 0 Å². The minimum absolute atomic E-state index is 0. The summed E-state index contributed by atoms with van der Waals surface area (Å²) in [6.07, 6.45) is 0. The number of nitrogens with two attached hydrogens (primary N) is 1. The van der Waals surface area contributed by atoms with Crippen LogP contribution in [0.25, 0.3) is 0 Å². The van der Waals surface area contributed by atoms with Crippen LogP contribution in [0.1, 0.15) is 0 Å². The third-order valence-corrected chi connectivity index (χ3v) is 0. The van der Waals surface area contributed by atoms with Gasteiger partial charge in [-0.3, -0.25) is 0 Å². The maximum Gasteiger partial charge on any atom is 0 e. The van der Waals surface area contributed by atoms with Gasteiger partial charge in [0.2, 0.25) is 0 Å². The molecule has 0 aliphatic heterocycles. The van der Waals surface area contributed by atoms with Crippen molar-refractivity contribution in [3.63, 3.8) is 0 Å². The molecule has 0 atom stereocenters. The van der Waals surface area contributed by atoms with E-state index < -0.39 is 0 Å². The van der Waals surface area contributed by atoms with Crippen molar-refractivity contribution in [1.29, 1.82) is 0 Å². The summed E-state index contributed by atoms with van der Waals surface area (Å²) in [4.78, 5) is 0. The zero-order valence-corrected chi connectivity index (χ0v) is 6.37. The van der Waals surface area contributed by atoms with Gasteiger partial charge >= 0.3 is 0 Å². The number of rotatable bonds is 0. The summed E-state index contributed by atoms with van der Waals surface area (Å²) < 4.78 is 0. The van der Waals surface area contributed by atoms with Gasteiger partial charge in [0, 0.05) is 51.4 Å². The molecular formula is H4ClKNO. The first-order valence-corrected chi connectivity index (χ1v) is 0.258. The molecule has 0 aromatic rings. The van der Waals surface area contributed by atoms with E-state index in [0.717, 1.165) is 0 Å². The third kappa shape index (κ3) is 9.14. The zero-order chi connectivity index (χ0) is 2.00. The van der Waals surface area contributed by atoms with E-state index in [1.807, 2.05) is 0 Å². The second kappa shape index (κ2) is 21.0. The summed E-state index contributed by atoms with van der Waals surface area (Å²) in [6.45, 7) is 0. The van der Waals surface area contributed by atoms with Crippen molar-refractivity contribution in [2.45, 2.75) is 0 Å². The summed E-state index contributed by atoms with van der Waals surface area (Å²) in [6, 6.07) is 0. The Labute approximate surface area is 73.5 Å². The van der Waals surface area contributed by atoms with Crippen LogP contribution in [-0.4, -0.2) is 56.6 Å². The molecule has 1 radical (unpaired) electrons. The quantitative estimate of drug-likeness (QED) is 0.321. The monoisotopic (exact) mass is 108 g/mol. The van der Waals surface area contributed by atoms with Crippen molar-refractivity contribution >= 4 is 63.8 Å². The fourth-order valence-electron chi connectivity index (χ4n) is 0. The van der Waals surface area contributed by atoms with Gasteiger partial charge in [0.1, 0.15) is 0 Å². The first-order chi connectivity index (χ1) is 1.00. The molecule has 4 heavy (non-hydrogen) atoms. The Morgan fingerprint density at radius 2 is 1.25 bits per heavy atom. The van der Waals surface area contributed by atoms with E-state index in [1.165, 1.54) is 0 Å². The largest absolute Gasteiger partial charge is 0.320 e. The molecule has 0 aliphatic rings. The van der Waals surface area contributed by atoms with Crippen molar-refractivity contribution in [2.24, 2.45) is 5.90 Å². The van der Waals surface area contributed by atoms with Gasteiger partial charge < -0.3 is 5.21 Å². The van der Waals surface area contributed by atoms with Crippen LogP contribution in [-0.2, 0) is 0 Å². The molecule has 0 aromatic heterocycles.